The van der Waals surface area contributed by atoms with Crippen LogP contribution in [0.4, 0.5) is 5.69 Å². The normalized spacial score (nSPS) is 16.1. The van der Waals surface area contributed by atoms with Crippen molar-refractivity contribution in [2.45, 2.75) is 26.7 Å². The van der Waals surface area contributed by atoms with Crippen LogP contribution >= 0.6 is 11.8 Å². The molecule has 0 unspecified atom stereocenters. The molecule has 2 aromatic carbocycles. The summed E-state index contributed by atoms with van der Waals surface area (Å²) in [6.07, 6.45) is 3.64. The summed E-state index contributed by atoms with van der Waals surface area (Å²) < 4.78 is 10.6. The molecule has 0 saturated carbocycles. The van der Waals surface area contributed by atoms with E-state index in [9.17, 15) is 9.59 Å². The number of nitrogens with zero attached hydrogens (tertiary/aromatic N) is 2. The third kappa shape index (κ3) is 5.91. The van der Waals surface area contributed by atoms with Crippen molar-refractivity contribution < 1.29 is 24.2 Å². The molecule has 3 rings (SSSR count). The fourth-order valence-electron chi connectivity index (χ4n) is 3.02. The highest BCUT2D eigenvalue weighted by molar-refractivity contribution is 8.18. The number of aliphatic carboxylic acids is 1. The van der Waals surface area contributed by atoms with Gasteiger partial charge in [-0.15, -0.1) is 0 Å². The van der Waals surface area contributed by atoms with Gasteiger partial charge in [-0.1, -0.05) is 37.1 Å². The molecule has 1 aliphatic heterocycles. The molecule has 0 aliphatic carbocycles. The molecular formula is C24H26N2O5S. The van der Waals surface area contributed by atoms with Gasteiger partial charge in [-0.25, -0.2) is 9.79 Å². The molecule has 0 atom stereocenters. The molecule has 1 amide bonds. The number of amides is 1. The molecule has 0 aromatic heterocycles. The third-order valence-electron chi connectivity index (χ3n) is 4.72. The summed E-state index contributed by atoms with van der Waals surface area (Å²) in [5.41, 5.74) is 2.69. The molecule has 1 fully saturated rings. The number of methoxy groups -OCH3 is 1. The molecule has 8 heteroatoms. The van der Waals surface area contributed by atoms with E-state index in [2.05, 4.69) is 6.92 Å². The predicted molar refractivity (Wildman–Crippen MR) is 127 cm³/mol. The number of carboxylic acids is 1. The van der Waals surface area contributed by atoms with Crippen LogP contribution in [0.25, 0.3) is 6.08 Å². The first-order chi connectivity index (χ1) is 15.4. The summed E-state index contributed by atoms with van der Waals surface area (Å²) in [4.78, 5) is 30.9. The summed E-state index contributed by atoms with van der Waals surface area (Å²) in [5.74, 6) is -0.431. The summed E-state index contributed by atoms with van der Waals surface area (Å²) in [7, 11) is 1.48. The Balaban J connectivity index is 1.88. The molecule has 1 N–H and O–H groups in total. The van der Waals surface area contributed by atoms with E-state index in [0.717, 1.165) is 29.7 Å². The summed E-state index contributed by atoms with van der Waals surface area (Å²) in [6.45, 7) is 4.25. The van der Waals surface area contributed by atoms with Crippen molar-refractivity contribution in [2.75, 3.05) is 20.3 Å². The van der Waals surface area contributed by atoms with Crippen LogP contribution in [0, 0.1) is 6.92 Å². The molecule has 0 radical (unpaired) electrons. The average molecular weight is 455 g/mol. The van der Waals surface area contributed by atoms with Crippen molar-refractivity contribution in [3.05, 3.63) is 58.5 Å². The second-order valence-corrected chi connectivity index (χ2v) is 8.25. The topological polar surface area (TPSA) is 88.4 Å². The van der Waals surface area contributed by atoms with Crippen molar-refractivity contribution in [3.8, 4) is 11.5 Å². The number of amidine groups is 1. The number of aryl methyl sites for hydroxylation is 1. The fraction of sp³-hybridized carbons (Fsp3) is 0.292. The number of thioether (sulfide) groups is 1. The number of carbonyl (C=O) groups excluding carboxylic acids is 1. The molecule has 168 valence electrons. The fourth-order valence-corrected chi connectivity index (χ4v) is 4.04. The second kappa shape index (κ2) is 10.9. The largest absolute Gasteiger partial charge is 0.493 e. The molecule has 0 spiro atoms. The lowest BCUT2D eigenvalue weighted by Gasteiger charge is -2.14. The van der Waals surface area contributed by atoms with Crippen molar-refractivity contribution in [1.82, 2.24) is 4.90 Å². The Morgan fingerprint density at radius 1 is 1.19 bits per heavy atom. The highest BCUT2D eigenvalue weighted by Gasteiger charge is 2.33. The number of aliphatic imine (C=N–C) groups is 1. The molecular weight excluding hydrogens is 428 g/mol. The predicted octanol–water partition coefficient (Wildman–Crippen LogP) is 4.87. The molecule has 7 nitrogen and oxygen atoms in total. The van der Waals surface area contributed by atoms with Gasteiger partial charge in [0.1, 0.15) is 0 Å². The first-order valence-corrected chi connectivity index (χ1v) is 11.1. The second-order valence-electron chi connectivity index (χ2n) is 7.24. The maximum atomic E-state index is 13.1. The van der Waals surface area contributed by atoms with Gasteiger partial charge < -0.3 is 14.6 Å². The van der Waals surface area contributed by atoms with Crippen molar-refractivity contribution in [1.29, 1.82) is 0 Å². The minimum atomic E-state index is -1.07. The molecule has 1 saturated heterocycles. The Bertz CT molecular complexity index is 1050. The number of ether oxygens (including phenoxy) is 2. The Kier molecular flexibility index (Phi) is 7.94. The maximum absolute atomic E-state index is 13.1. The lowest BCUT2D eigenvalue weighted by molar-refractivity contribution is -0.139. The van der Waals surface area contributed by atoms with Crippen molar-refractivity contribution in [2.24, 2.45) is 4.99 Å². The zero-order chi connectivity index (χ0) is 23.1. The highest BCUT2D eigenvalue weighted by atomic mass is 32.2. The zero-order valence-electron chi connectivity index (χ0n) is 18.3. The van der Waals surface area contributed by atoms with E-state index in [0.29, 0.717) is 28.1 Å². The van der Waals surface area contributed by atoms with Crippen molar-refractivity contribution >= 4 is 40.6 Å². The Morgan fingerprint density at radius 3 is 2.59 bits per heavy atom. The third-order valence-corrected chi connectivity index (χ3v) is 5.73. The van der Waals surface area contributed by atoms with Gasteiger partial charge >= 0.3 is 5.97 Å². The number of carboxylic acid groups (broad SMARTS) is 1. The van der Waals surface area contributed by atoms with Gasteiger partial charge in [0.25, 0.3) is 5.91 Å². The highest BCUT2D eigenvalue weighted by Crippen LogP contribution is 2.36. The van der Waals surface area contributed by atoms with E-state index in [1.54, 1.807) is 29.2 Å². The number of hydrogen-bond donors (Lipinski definition) is 1. The van der Waals surface area contributed by atoms with Crippen LogP contribution in [0.3, 0.4) is 0 Å². The SMILES string of the molecule is CCCCN1C(=O)/C(=C\c2ccc(OCC(=O)O)c(OC)c2)SC1=Nc1ccc(C)cc1. The Morgan fingerprint density at radius 2 is 1.94 bits per heavy atom. The van der Waals surface area contributed by atoms with Gasteiger partial charge in [0, 0.05) is 6.54 Å². The quantitative estimate of drug-likeness (QED) is 0.544. The van der Waals surface area contributed by atoms with Gasteiger partial charge in [-0.3, -0.25) is 9.69 Å². The number of carbonyl (C=O) groups is 2. The minimum Gasteiger partial charge on any atom is -0.493 e. The van der Waals surface area contributed by atoms with Crippen LogP contribution in [0.5, 0.6) is 11.5 Å². The maximum Gasteiger partial charge on any atom is 0.341 e. The van der Waals surface area contributed by atoms with Crippen LogP contribution in [0.15, 0.2) is 52.4 Å². The lowest BCUT2D eigenvalue weighted by Crippen LogP contribution is -2.30. The molecule has 2 aromatic rings. The van der Waals surface area contributed by atoms with Gasteiger partial charge in [0.2, 0.25) is 0 Å². The van der Waals surface area contributed by atoms with E-state index in [1.807, 2.05) is 31.2 Å². The average Bonchev–Trinajstić information content (AvgIpc) is 3.06. The Labute approximate surface area is 191 Å². The minimum absolute atomic E-state index is 0.0838. The van der Waals surface area contributed by atoms with Gasteiger partial charge in [0.05, 0.1) is 17.7 Å². The van der Waals surface area contributed by atoms with E-state index in [-0.39, 0.29) is 5.91 Å². The van der Waals surface area contributed by atoms with Crippen LogP contribution in [0.1, 0.15) is 30.9 Å². The van der Waals surface area contributed by atoms with E-state index < -0.39 is 12.6 Å². The summed E-state index contributed by atoms with van der Waals surface area (Å²) >= 11 is 1.34. The van der Waals surface area contributed by atoms with E-state index in [4.69, 9.17) is 19.6 Å². The van der Waals surface area contributed by atoms with Crippen LogP contribution in [0.2, 0.25) is 0 Å². The molecule has 32 heavy (non-hydrogen) atoms. The van der Waals surface area contributed by atoms with Gasteiger partial charge in [0.15, 0.2) is 23.3 Å². The standard InChI is InChI=1S/C24H26N2O5S/c1-4-5-12-26-23(29)21(32-24(26)25-18-9-6-16(2)7-10-18)14-17-8-11-19(20(13-17)30-3)31-15-22(27)28/h6-11,13-14H,4-5,12,15H2,1-3H3,(H,27,28)/b21-14+,25-24?. The summed E-state index contributed by atoms with van der Waals surface area (Å²) in [6, 6.07) is 13.0. The molecule has 0 bridgehead atoms. The van der Waals surface area contributed by atoms with Gasteiger partial charge in [-0.2, -0.15) is 0 Å². The monoisotopic (exact) mass is 454 g/mol. The summed E-state index contributed by atoms with van der Waals surface area (Å²) in [5, 5.41) is 9.47. The number of unbranched alkanes of at least 4 members (excludes halogenated alkanes) is 1. The van der Waals surface area contributed by atoms with Gasteiger partial charge in [-0.05, 0) is 61.0 Å². The number of benzene rings is 2. The van der Waals surface area contributed by atoms with Crippen molar-refractivity contribution in [3.63, 3.8) is 0 Å². The zero-order valence-corrected chi connectivity index (χ0v) is 19.1. The van der Waals surface area contributed by atoms with Crippen LogP contribution < -0.4 is 9.47 Å². The lowest BCUT2D eigenvalue weighted by atomic mass is 10.2. The first-order valence-electron chi connectivity index (χ1n) is 10.3. The molecule has 1 aliphatic rings. The Hall–Kier alpha value is -3.26. The number of rotatable bonds is 9. The molecule has 1 heterocycles. The number of hydrogen-bond acceptors (Lipinski definition) is 6. The van der Waals surface area contributed by atoms with Crippen LogP contribution in [-0.4, -0.2) is 47.3 Å². The smallest absolute Gasteiger partial charge is 0.341 e. The van der Waals surface area contributed by atoms with Crippen LogP contribution in [-0.2, 0) is 9.59 Å². The van der Waals surface area contributed by atoms with E-state index in [1.165, 1.54) is 18.9 Å². The van der Waals surface area contributed by atoms with E-state index >= 15 is 0 Å². The first kappa shape index (κ1) is 23.4.